The molecular formula is C18H28N2O4S. The SMILES string of the molecule is CCCCCCS(=O)(=O)Cc1ccc(NC(=O)C2NCC[C@H]2O)cc1. The normalized spacial score (nSPS) is 20.6. The topological polar surface area (TPSA) is 95.5 Å². The van der Waals surface area contributed by atoms with E-state index in [1.54, 1.807) is 24.3 Å². The largest absolute Gasteiger partial charge is 0.391 e. The monoisotopic (exact) mass is 368 g/mol. The number of anilines is 1. The Labute approximate surface area is 149 Å². The molecule has 0 spiro atoms. The van der Waals surface area contributed by atoms with Crippen molar-refractivity contribution in [2.45, 2.75) is 56.9 Å². The van der Waals surface area contributed by atoms with Crippen molar-refractivity contribution in [1.29, 1.82) is 0 Å². The summed E-state index contributed by atoms with van der Waals surface area (Å²) < 4.78 is 24.3. The molecule has 1 fully saturated rings. The number of unbranched alkanes of at least 4 members (excludes halogenated alkanes) is 3. The molecular weight excluding hydrogens is 340 g/mol. The minimum absolute atomic E-state index is 0.0241. The zero-order valence-corrected chi connectivity index (χ0v) is 15.5. The standard InChI is InChI=1S/C18H28N2O4S/c1-2-3-4-5-12-25(23,24)13-14-6-8-15(9-7-14)20-18(22)17-16(21)10-11-19-17/h6-9,16-17,19,21H,2-5,10-13H2,1H3,(H,20,22)/t16-,17?/m1/s1. The molecule has 25 heavy (non-hydrogen) atoms. The second-order valence-electron chi connectivity index (χ2n) is 6.63. The van der Waals surface area contributed by atoms with E-state index >= 15 is 0 Å². The van der Waals surface area contributed by atoms with Crippen LogP contribution in [0.15, 0.2) is 24.3 Å². The number of hydrogen-bond acceptors (Lipinski definition) is 5. The summed E-state index contributed by atoms with van der Waals surface area (Å²) in [5.41, 5.74) is 1.31. The summed E-state index contributed by atoms with van der Waals surface area (Å²) in [6, 6.07) is 6.24. The number of amides is 1. The Morgan fingerprint density at radius 3 is 2.56 bits per heavy atom. The molecule has 0 aromatic heterocycles. The lowest BCUT2D eigenvalue weighted by atomic mass is 10.1. The minimum atomic E-state index is -3.10. The number of hydrogen-bond donors (Lipinski definition) is 3. The third-order valence-electron chi connectivity index (χ3n) is 4.39. The van der Waals surface area contributed by atoms with Crippen LogP contribution in [0.1, 0.15) is 44.6 Å². The van der Waals surface area contributed by atoms with Gasteiger partial charge in [-0.15, -0.1) is 0 Å². The molecule has 0 saturated carbocycles. The van der Waals surface area contributed by atoms with E-state index in [0.29, 0.717) is 30.6 Å². The average molecular weight is 368 g/mol. The lowest BCUT2D eigenvalue weighted by Gasteiger charge is -2.15. The molecule has 1 aliphatic heterocycles. The van der Waals surface area contributed by atoms with Gasteiger partial charge in [0, 0.05) is 5.69 Å². The summed E-state index contributed by atoms with van der Waals surface area (Å²) >= 11 is 0. The van der Waals surface area contributed by atoms with Crippen molar-refractivity contribution >= 4 is 21.4 Å². The van der Waals surface area contributed by atoms with E-state index in [1.807, 2.05) is 0 Å². The first-order valence-electron chi connectivity index (χ1n) is 8.93. The van der Waals surface area contributed by atoms with Gasteiger partial charge in [-0.1, -0.05) is 38.3 Å². The maximum absolute atomic E-state index is 12.1. The Bertz CT molecular complexity index is 658. The van der Waals surface area contributed by atoms with Crippen LogP contribution in [-0.4, -0.2) is 43.9 Å². The highest BCUT2D eigenvalue weighted by Gasteiger charge is 2.30. The van der Waals surface area contributed by atoms with Crippen LogP contribution < -0.4 is 10.6 Å². The van der Waals surface area contributed by atoms with Gasteiger partial charge in [0.15, 0.2) is 9.84 Å². The van der Waals surface area contributed by atoms with Crippen LogP contribution in [0.25, 0.3) is 0 Å². The number of rotatable bonds is 9. The summed E-state index contributed by atoms with van der Waals surface area (Å²) in [5, 5.41) is 15.4. The van der Waals surface area contributed by atoms with Crippen molar-refractivity contribution in [3.05, 3.63) is 29.8 Å². The molecule has 1 aliphatic rings. The maximum Gasteiger partial charge on any atom is 0.244 e. The first-order valence-corrected chi connectivity index (χ1v) is 10.7. The van der Waals surface area contributed by atoms with Crippen LogP contribution in [0.4, 0.5) is 5.69 Å². The lowest BCUT2D eigenvalue weighted by molar-refractivity contribution is -0.119. The molecule has 0 bridgehead atoms. The highest BCUT2D eigenvalue weighted by molar-refractivity contribution is 7.90. The summed E-state index contributed by atoms with van der Waals surface area (Å²) in [7, 11) is -3.10. The molecule has 1 aromatic rings. The molecule has 6 nitrogen and oxygen atoms in total. The number of sulfone groups is 1. The van der Waals surface area contributed by atoms with Gasteiger partial charge in [-0.05, 0) is 37.1 Å². The zero-order chi connectivity index (χ0) is 18.3. The number of aliphatic hydroxyl groups excluding tert-OH is 1. The molecule has 1 heterocycles. The highest BCUT2D eigenvalue weighted by Crippen LogP contribution is 2.15. The van der Waals surface area contributed by atoms with E-state index in [0.717, 1.165) is 19.3 Å². The van der Waals surface area contributed by atoms with Crippen LogP contribution in [0.3, 0.4) is 0 Å². The van der Waals surface area contributed by atoms with Gasteiger partial charge in [-0.2, -0.15) is 0 Å². The Morgan fingerprint density at radius 2 is 1.96 bits per heavy atom. The molecule has 0 radical (unpaired) electrons. The van der Waals surface area contributed by atoms with Crippen molar-refractivity contribution < 1.29 is 18.3 Å². The van der Waals surface area contributed by atoms with Crippen LogP contribution in [0.5, 0.6) is 0 Å². The van der Waals surface area contributed by atoms with Crippen LogP contribution in [0.2, 0.25) is 0 Å². The fourth-order valence-electron chi connectivity index (χ4n) is 2.94. The zero-order valence-electron chi connectivity index (χ0n) is 14.7. The third kappa shape index (κ3) is 6.41. The number of carbonyl (C=O) groups excluding carboxylic acids is 1. The summed E-state index contributed by atoms with van der Waals surface area (Å²) in [5.74, 6) is -0.0336. The summed E-state index contributed by atoms with van der Waals surface area (Å²) in [6.07, 6.45) is 3.70. The van der Waals surface area contributed by atoms with E-state index in [1.165, 1.54) is 0 Å². The van der Waals surface area contributed by atoms with Crippen LogP contribution in [0, 0.1) is 0 Å². The lowest BCUT2D eigenvalue weighted by Crippen LogP contribution is -2.42. The molecule has 0 aliphatic carbocycles. The van der Waals surface area contributed by atoms with Crippen LogP contribution in [-0.2, 0) is 20.4 Å². The molecule has 1 aromatic carbocycles. The van der Waals surface area contributed by atoms with Gasteiger partial charge in [-0.25, -0.2) is 8.42 Å². The fraction of sp³-hybridized carbons (Fsp3) is 0.611. The molecule has 2 atom stereocenters. The number of aliphatic hydroxyl groups is 1. The van der Waals surface area contributed by atoms with Gasteiger partial charge < -0.3 is 15.7 Å². The quantitative estimate of drug-likeness (QED) is 0.578. The third-order valence-corrected chi connectivity index (χ3v) is 6.07. The number of benzene rings is 1. The van der Waals surface area contributed by atoms with Gasteiger partial charge in [-0.3, -0.25) is 4.79 Å². The molecule has 3 N–H and O–H groups in total. The minimum Gasteiger partial charge on any atom is -0.391 e. The van der Waals surface area contributed by atoms with Gasteiger partial charge >= 0.3 is 0 Å². The fourth-order valence-corrected chi connectivity index (χ4v) is 4.42. The highest BCUT2D eigenvalue weighted by atomic mass is 32.2. The van der Waals surface area contributed by atoms with Gasteiger partial charge in [0.2, 0.25) is 5.91 Å². The molecule has 140 valence electrons. The summed E-state index contributed by atoms with van der Waals surface area (Å²) in [6.45, 7) is 2.71. The van der Waals surface area contributed by atoms with Gasteiger partial charge in [0.25, 0.3) is 0 Å². The molecule has 1 saturated heterocycles. The predicted molar refractivity (Wildman–Crippen MR) is 99.1 cm³/mol. The first-order chi connectivity index (χ1) is 11.9. The first kappa shape index (κ1) is 19.9. The van der Waals surface area contributed by atoms with E-state index in [9.17, 15) is 18.3 Å². The van der Waals surface area contributed by atoms with Crippen LogP contribution >= 0.6 is 0 Å². The number of carbonyl (C=O) groups is 1. The van der Waals surface area contributed by atoms with E-state index in [-0.39, 0.29) is 17.4 Å². The van der Waals surface area contributed by atoms with E-state index in [2.05, 4.69) is 17.6 Å². The van der Waals surface area contributed by atoms with Gasteiger partial charge in [0.1, 0.15) is 6.04 Å². The Kier molecular flexibility index (Phi) is 7.40. The smallest absolute Gasteiger partial charge is 0.244 e. The molecule has 7 heteroatoms. The van der Waals surface area contributed by atoms with E-state index < -0.39 is 22.0 Å². The second-order valence-corrected chi connectivity index (χ2v) is 8.81. The number of nitrogens with one attached hydrogen (secondary N) is 2. The summed E-state index contributed by atoms with van der Waals surface area (Å²) in [4.78, 5) is 12.1. The molecule has 1 amide bonds. The van der Waals surface area contributed by atoms with Crippen molar-refractivity contribution in [2.75, 3.05) is 17.6 Å². The van der Waals surface area contributed by atoms with E-state index in [4.69, 9.17) is 0 Å². The Balaban J connectivity index is 1.85. The predicted octanol–water partition coefficient (Wildman–Crippen LogP) is 1.84. The van der Waals surface area contributed by atoms with Crippen molar-refractivity contribution in [2.24, 2.45) is 0 Å². The average Bonchev–Trinajstić information content (AvgIpc) is 2.99. The van der Waals surface area contributed by atoms with Crippen molar-refractivity contribution in [3.8, 4) is 0 Å². The Hall–Kier alpha value is -1.44. The van der Waals surface area contributed by atoms with Gasteiger partial charge in [0.05, 0.1) is 17.6 Å². The molecule has 2 rings (SSSR count). The van der Waals surface area contributed by atoms with Crippen molar-refractivity contribution in [3.63, 3.8) is 0 Å². The molecule has 1 unspecified atom stereocenters. The van der Waals surface area contributed by atoms with Crippen molar-refractivity contribution in [1.82, 2.24) is 5.32 Å². The maximum atomic E-state index is 12.1. The Morgan fingerprint density at radius 1 is 1.24 bits per heavy atom. The second kappa shape index (κ2) is 9.31.